The fourth-order valence-electron chi connectivity index (χ4n) is 2.11. The zero-order valence-electron chi connectivity index (χ0n) is 10.4. The van der Waals surface area contributed by atoms with Crippen molar-refractivity contribution in [1.82, 2.24) is 5.32 Å². The molecular weight excluding hydrogens is 246 g/mol. The summed E-state index contributed by atoms with van der Waals surface area (Å²) in [5.74, 6) is 1.69. The van der Waals surface area contributed by atoms with Crippen molar-refractivity contribution in [2.24, 2.45) is 0 Å². The number of carbonyl (C=O) groups is 1. The topological polar surface area (TPSA) is 38.3 Å². The summed E-state index contributed by atoms with van der Waals surface area (Å²) in [4.78, 5) is 11.3. The summed E-state index contributed by atoms with van der Waals surface area (Å²) >= 11 is 4.03. The van der Waals surface area contributed by atoms with E-state index in [1.165, 1.54) is 11.1 Å². The molecule has 0 spiro atoms. The molecule has 18 heavy (non-hydrogen) atoms. The Hall–Kier alpha value is -1.16. The van der Waals surface area contributed by atoms with Crippen molar-refractivity contribution in [3.05, 3.63) is 29.3 Å². The van der Waals surface area contributed by atoms with Crippen LogP contribution in [0.15, 0.2) is 18.2 Å². The molecule has 0 aromatic heterocycles. The number of aryl methyl sites for hydroxylation is 1. The normalized spacial score (nSPS) is 13.6. The number of hydrogen-bond acceptors (Lipinski definition) is 3. The van der Waals surface area contributed by atoms with Crippen molar-refractivity contribution >= 4 is 18.5 Å². The van der Waals surface area contributed by atoms with Crippen molar-refractivity contribution in [2.75, 3.05) is 18.9 Å². The van der Waals surface area contributed by atoms with Gasteiger partial charge in [0, 0.05) is 13.0 Å². The summed E-state index contributed by atoms with van der Waals surface area (Å²) in [6.07, 6.45) is 3.54. The van der Waals surface area contributed by atoms with Gasteiger partial charge in [0.05, 0.1) is 6.61 Å². The van der Waals surface area contributed by atoms with Crippen molar-refractivity contribution in [3.63, 3.8) is 0 Å². The number of carbonyl (C=O) groups excluding carboxylic acids is 1. The van der Waals surface area contributed by atoms with E-state index in [0.717, 1.165) is 31.6 Å². The maximum atomic E-state index is 11.3. The quantitative estimate of drug-likeness (QED) is 0.799. The minimum atomic E-state index is 0.0753. The van der Waals surface area contributed by atoms with Crippen LogP contribution in [-0.4, -0.2) is 24.8 Å². The minimum absolute atomic E-state index is 0.0753. The van der Waals surface area contributed by atoms with Gasteiger partial charge in [0.1, 0.15) is 5.75 Å². The van der Waals surface area contributed by atoms with E-state index in [9.17, 15) is 4.79 Å². The lowest BCUT2D eigenvalue weighted by molar-refractivity contribution is -0.120. The molecule has 1 aromatic rings. The molecule has 4 heteroatoms. The number of ether oxygens (including phenoxy) is 1. The fraction of sp³-hybridized carbons (Fsp3) is 0.500. The van der Waals surface area contributed by atoms with E-state index in [4.69, 9.17) is 4.74 Å². The number of nitrogens with one attached hydrogen (secondary N) is 1. The highest BCUT2D eigenvalue weighted by Gasteiger charge is 2.10. The maximum absolute atomic E-state index is 11.3. The summed E-state index contributed by atoms with van der Waals surface area (Å²) in [5.41, 5.74) is 2.55. The monoisotopic (exact) mass is 265 g/mol. The molecule has 0 saturated heterocycles. The zero-order chi connectivity index (χ0) is 12.8. The van der Waals surface area contributed by atoms with E-state index >= 15 is 0 Å². The first-order valence-electron chi connectivity index (χ1n) is 6.42. The van der Waals surface area contributed by atoms with Crippen molar-refractivity contribution in [3.8, 4) is 5.75 Å². The van der Waals surface area contributed by atoms with Gasteiger partial charge in [-0.3, -0.25) is 4.79 Å². The molecule has 0 atom stereocenters. The predicted octanol–water partition coefficient (Wildman–Crippen LogP) is 1.99. The molecule has 1 amide bonds. The lowest BCUT2D eigenvalue weighted by atomic mass is 10.0. The maximum Gasteiger partial charge on any atom is 0.220 e. The SMILES string of the molecule is O=C(CCS)NCCc1ccc2c(c1)CCCO2. The van der Waals surface area contributed by atoms with E-state index in [2.05, 4.69) is 30.1 Å². The van der Waals surface area contributed by atoms with Crippen LogP contribution in [0.5, 0.6) is 5.75 Å². The third-order valence-electron chi connectivity index (χ3n) is 3.05. The second-order valence-corrected chi connectivity index (χ2v) is 4.91. The van der Waals surface area contributed by atoms with Crippen LogP contribution in [0.3, 0.4) is 0 Å². The molecule has 0 unspecified atom stereocenters. The van der Waals surface area contributed by atoms with Crippen LogP contribution >= 0.6 is 12.6 Å². The van der Waals surface area contributed by atoms with E-state index in [0.29, 0.717) is 18.7 Å². The van der Waals surface area contributed by atoms with Gasteiger partial charge in [0.25, 0.3) is 0 Å². The smallest absolute Gasteiger partial charge is 0.220 e. The Morgan fingerprint density at radius 2 is 2.33 bits per heavy atom. The molecular formula is C14H19NO2S. The van der Waals surface area contributed by atoms with Crippen LogP contribution in [0.2, 0.25) is 0 Å². The number of rotatable bonds is 5. The Balaban J connectivity index is 1.84. The van der Waals surface area contributed by atoms with Gasteiger partial charge in [-0.05, 0) is 42.2 Å². The van der Waals surface area contributed by atoms with E-state index in [1.807, 2.05) is 6.07 Å². The molecule has 3 nitrogen and oxygen atoms in total. The molecule has 1 aromatic carbocycles. The fourth-order valence-corrected chi connectivity index (χ4v) is 2.31. The van der Waals surface area contributed by atoms with Gasteiger partial charge in [-0.15, -0.1) is 0 Å². The first kappa shape index (κ1) is 13.3. The predicted molar refractivity (Wildman–Crippen MR) is 75.4 cm³/mol. The van der Waals surface area contributed by atoms with Gasteiger partial charge in [-0.25, -0.2) is 0 Å². The summed E-state index contributed by atoms with van der Waals surface area (Å²) in [7, 11) is 0. The van der Waals surface area contributed by atoms with Crippen molar-refractivity contribution < 1.29 is 9.53 Å². The molecule has 0 aliphatic carbocycles. The standard InChI is InChI=1S/C14H19NO2S/c16-14(6-9-18)15-7-5-11-3-4-13-12(10-11)2-1-8-17-13/h3-4,10,18H,1-2,5-9H2,(H,15,16). The average molecular weight is 265 g/mol. The van der Waals surface area contributed by atoms with Crippen LogP contribution < -0.4 is 10.1 Å². The van der Waals surface area contributed by atoms with Crippen molar-refractivity contribution in [2.45, 2.75) is 25.7 Å². The molecule has 1 aliphatic heterocycles. The molecule has 0 radical (unpaired) electrons. The minimum Gasteiger partial charge on any atom is -0.493 e. The van der Waals surface area contributed by atoms with Crippen molar-refractivity contribution in [1.29, 1.82) is 0 Å². The van der Waals surface area contributed by atoms with Crippen LogP contribution in [-0.2, 0) is 17.6 Å². The summed E-state index contributed by atoms with van der Waals surface area (Å²) in [6.45, 7) is 1.51. The molecule has 1 aliphatic rings. The van der Waals surface area contributed by atoms with Gasteiger partial charge < -0.3 is 10.1 Å². The van der Waals surface area contributed by atoms with E-state index < -0.39 is 0 Å². The Kier molecular flexibility index (Phi) is 4.93. The number of amides is 1. The second-order valence-electron chi connectivity index (χ2n) is 4.47. The number of thiol groups is 1. The van der Waals surface area contributed by atoms with Gasteiger partial charge in [-0.2, -0.15) is 12.6 Å². The van der Waals surface area contributed by atoms with Crippen LogP contribution in [0, 0.1) is 0 Å². The van der Waals surface area contributed by atoms with Gasteiger partial charge in [0.2, 0.25) is 5.91 Å². The molecule has 0 bridgehead atoms. The van der Waals surface area contributed by atoms with Crippen LogP contribution in [0.4, 0.5) is 0 Å². The molecule has 1 heterocycles. The largest absolute Gasteiger partial charge is 0.493 e. The summed E-state index contributed by atoms with van der Waals surface area (Å²) in [5, 5.41) is 2.89. The first-order chi connectivity index (χ1) is 8.79. The lowest BCUT2D eigenvalue weighted by Crippen LogP contribution is -2.25. The Bertz CT molecular complexity index is 420. The van der Waals surface area contributed by atoms with Crippen LogP contribution in [0.1, 0.15) is 24.0 Å². The second kappa shape index (κ2) is 6.69. The third-order valence-corrected chi connectivity index (χ3v) is 3.27. The van der Waals surface area contributed by atoms with Gasteiger partial charge >= 0.3 is 0 Å². The zero-order valence-corrected chi connectivity index (χ0v) is 11.3. The Morgan fingerprint density at radius 3 is 3.17 bits per heavy atom. The number of fused-ring (bicyclic) bond motifs is 1. The number of hydrogen-bond donors (Lipinski definition) is 2. The third kappa shape index (κ3) is 3.67. The molecule has 1 N–H and O–H groups in total. The Morgan fingerprint density at radius 1 is 1.44 bits per heavy atom. The number of benzene rings is 1. The van der Waals surface area contributed by atoms with Gasteiger partial charge in [-0.1, -0.05) is 12.1 Å². The molecule has 98 valence electrons. The highest BCUT2D eigenvalue weighted by atomic mass is 32.1. The Labute approximate surface area is 113 Å². The van der Waals surface area contributed by atoms with E-state index in [-0.39, 0.29) is 5.91 Å². The lowest BCUT2D eigenvalue weighted by Gasteiger charge is -2.17. The summed E-state index contributed by atoms with van der Waals surface area (Å²) < 4.78 is 5.57. The molecule has 2 rings (SSSR count). The summed E-state index contributed by atoms with van der Waals surface area (Å²) in [6, 6.07) is 6.31. The molecule has 0 fully saturated rings. The first-order valence-corrected chi connectivity index (χ1v) is 7.05. The van der Waals surface area contributed by atoms with Crippen LogP contribution in [0.25, 0.3) is 0 Å². The molecule has 0 saturated carbocycles. The highest BCUT2D eigenvalue weighted by molar-refractivity contribution is 7.80. The average Bonchev–Trinajstić information content (AvgIpc) is 2.39. The highest BCUT2D eigenvalue weighted by Crippen LogP contribution is 2.25. The van der Waals surface area contributed by atoms with Gasteiger partial charge in [0.15, 0.2) is 0 Å². The van der Waals surface area contributed by atoms with E-state index in [1.54, 1.807) is 0 Å².